The molecule has 2 saturated heterocycles. The fourth-order valence-corrected chi connectivity index (χ4v) is 4.47. The van der Waals surface area contributed by atoms with Gasteiger partial charge in [0.2, 0.25) is 0 Å². The van der Waals surface area contributed by atoms with Gasteiger partial charge in [-0.15, -0.1) is 0 Å². The fourth-order valence-electron chi connectivity index (χ4n) is 4.47. The minimum absolute atomic E-state index is 0.00204. The Balaban J connectivity index is 1.71. The lowest BCUT2D eigenvalue weighted by Crippen LogP contribution is -2.45. The molecule has 3 rings (SSSR count). The van der Waals surface area contributed by atoms with E-state index >= 15 is 0 Å². The van der Waals surface area contributed by atoms with Crippen molar-refractivity contribution >= 4 is 11.7 Å². The van der Waals surface area contributed by atoms with Crippen LogP contribution in [0.1, 0.15) is 25.3 Å². The molecule has 3 atom stereocenters. The lowest BCUT2D eigenvalue weighted by molar-refractivity contribution is -0.137. The number of benzene rings is 1. The minimum atomic E-state index is -4.53. The fraction of sp³-hybridized carbons (Fsp3) is 0.650. The second-order valence-electron chi connectivity index (χ2n) is 8.08. The number of carbonyl (C=O) groups excluding carboxylic acids is 1. The maximum atomic E-state index is 13.5. The van der Waals surface area contributed by atoms with Gasteiger partial charge in [-0.25, -0.2) is 13.6 Å². The number of hydrogen-bond donors (Lipinski definition) is 2. The van der Waals surface area contributed by atoms with E-state index in [4.69, 9.17) is 0 Å². The van der Waals surface area contributed by atoms with Gasteiger partial charge in [-0.2, -0.15) is 13.2 Å². The van der Waals surface area contributed by atoms with E-state index < -0.39 is 29.7 Å². The van der Waals surface area contributed by atoms with E-state index in [0.717, 1.165) is 12.1 Å². The lowest BCUT2D eigenvalue weighted by Gasteiger charge is -2.30. The second-order valence-corrected chi connectivity index (χ2v) is 8.08. The molecule has 168 valence electrons. The molecule has 5 nitrogen and oxygen atoms in total. The molecular weight excluding hydrogens is 409 g/mol. The molecule has 2 amide bonds. The number of nitrogens with zero attached hydrogens (tertiary/aromatic N) is 2. The number of hydrogen-bond acceptors (Lipinski definition) is 3. The van der Waals surface area contributed by atoms with Crippen LogP contribution in [0, 0.1) is 11.8 Å². The van der Waals surface area contributed by atoms with Crippen molar-refractivity contribution in [2.45, 2.75) is 37.9 Å². The third-order valence-corrected chi connectivity index (χ3v) is 6.06. The van der Waals surface area contributed by atoms with E-state index in [2.05, 4.69) is 5.32 Å². The molecule has 1 aromatic rings. The van der Waals surface area contributed by atoms with Crippen LogP contribution in [0.5, 0.6) is 0 Å². The zero-order chi connectivity index (χ0) is 22.1. The quantitative estimate of drug-likeness (QED) is 0.690. The van der Waals surface area contributed by atoms with Gasteiger partial charge in [0.1, 0.15) is 0 Å². The molecule has 0 spiro atoms. The Morgan fingerprint density at radius 3 is 2.63 bits per heavy atom. The highest BCUT2D eigenvalue weighted by Gasteiger charge is 2.46. The number of nitrogens with one attached hydrogen (secondary N) is 1. The van der Waals surface area contributed by atoms with Crippen molar-refractivity contribution in [2.24, 2.45) is 11.8 Å². The number of urea groups is 1. The second kappa shape index (κ2) is 8.66. The molecule has 2 N–H and O–H groups in total. The average Bonchev–Trinajstić information content (AvgIpc) is 3.20. The van der Waals surface area contributed by atoms with E-state index in [-0.39, 0.29) is 43.6 Å². The molecule has 0 bridgehead atoms. The molecule has 0 aliphatic carbocycles. The first-order valence-electron chi connectivity index (χ1n) is 10.00. The Bertz CT molecular complexity index is 758. The Hall–Kier alpha value is -1.94. The van der Waals surface area contributed by atoms with Crippen LogP contribution < -0.4 is 5.32 Å². The van der Waals surface area contributed by atoms with E-state index in [0.29, 0.717) is 19.5 Å². The number of halogens is 5. The summed E-state index contributed by atoms with van der Waals surface area (Å²) in [7, 11) is 0. The normalized spacial score (nSPS) is 26.9. The molecule has 1 aromatic carbocycles. The van der Waals surface area contributed by atoms with Gasteiger partial charge < -0.3 is 15.3 Å². The summed E-state index contributed by atoms with van der Waals surface area (Å²) in [5.41, 5.74) is -0.873. The number of rotatable bonds is 5. The molecule has 2 heterocycles. The van der Waals surface area contributed by atoms with Gasteiger partial charge in [-0.1, -0.05) is 19.4 Å². The van der Waals surface area contributed by atoms with Gasteiger partial charge in [0.25, 0.3) is 5.92 Å². The van der Waals surface area contributed by atoms with Gasteiger partial charge >= 0.3 is 12.2 Å². The average molecular weight is 435 g/mol. The predicted octanol–water partition coefficient (Wildman–Crippen LogP) is 3.90. The summed E-state index contributed by atoms with van der Waals surface area (Å²) in [4.78, 5) is 15.8. The van der Waals surface area contributed by atoms with E-state index in [1.165, 1.54) is 17.0 Å². The van der Waals surface area contributed by atoms with Gasteiger partial charge in [0.15, 0.2) is 0 Å². The van der Waals surface area contributed by atoms with Crippen molar-refractivity contribution in [1.29, 1.82) is 0 Å². The number of carbonyl (C=O) groups is 1. The number of likely N-dealkylation sites (tertiary alicyclic amines) is 2. The smallest absolute Gasteiger partial charge is 0.394 e. The van der Waals surface area contributed by atoms with Crippen LogP contribution in [0.4, 0.5) is 32.4 Å². The van der Waals surface area contributed by atoms with Crippen LogP contribution in [0.15, 0.2) is 24.3 Å². The van der Waals surface area contributed by atoms with Crippen LogP contribution in [0.2, 0.25) is 0 Å². The molecule has 30 heavy (non-hydrogen) atoms. The van der Waals surface area contributed by atoms with Crippen LogP contribution in [-0.4, -0.2) is 65.7 Å². The molecule has 0 aromatic heterocycles. The van der Waals surface area contributed by atoms with Gasteiger partial charge in [-0.05, 0) is 30.0 Å². The molecule has 2 aliphatic rings. The predicted molar refractivity (Wildman–Crippen MR) is 101 cm³/mol. The minimum Gasteiger partial charge on any atom is -0.394 e. The Kier molecular flexibility index (Phi) is 6.57. The molecule has 2 aliphatic heterocycles. The van der Waals surface area contributed by atoms with Crippen molar-refractivity contribution in [3.05, 3.63) is 29.8 Å². The van der Waals surface area contributed by atoms with E-state index in [1.807, 2.05) is 6.92 Å². The number of aliphatic hydroxyl groups is 1. The third kappa shape index (κ3) is 5.03. The Morgan fingerprint density at radius 1 is 1.33 bits per heavy atom. The monoisotopic (exact) mass is 435 g/mol. The molecule has 0 unspecified atom stereocenters. The first-order valence-corrected chi connectivity index (χ1v) is 10.00. The summed E-state index contributed by atoms with van der Waals surface area (Å²) in [6.45, 7) is 2.15. The Morgan fingerprint density at radius 2 is 2.07 bits per heavy atom. The first-order chi connectivity index (χ1) is 14.0. The number of amides is 2. The zero-order valence-corrected chi connectivity index (χ0v) is 16.6. The van der Waals surface area contributed by atoms with E-state index in [9.17, 15) is 31.9 Å². The number of alkyl halides is 5. The summed E-state index contributed by atoms with van der Waals surface area (Å²) in [5, 5.41) is 12.4. The van der Waals surface area contributed by atoms with Crippen LogP contribution in [0.3, 0.4) is 0 Å². The summed E-state index contributed by atoms with van der Waals surface area (Å²) in [6, 6.07) is 3.13. The highest BCUT2D eigenvalue weighted by molar-refractivity contribution is 5.90. The lowest BCUT2D eigenvalue weighted by atomic mass is 9.88. The maximum Gasteiger partial charge on any atom is 0.416 e. The van der Waals surface area contributed by atoms with Crippen molar-refractivity contribution < 1.29 is 31.9 Å². The molecule has 0 saturated carbocycles. The zero-order valence-electron chi connectivity index (χ0n) is 16.6. The van der Waals surface area contributed by atoms with Gasteiger partial charge in [0, 0.05) is 31.7 Å². The summed E-state index contributed by atoms with van der Waals surface area (Å²) < 4.78 is 65.8. The van der Waals surface area contributed by atoms with Crippen LogP contribution >= 0.6 is 0 Å². The maximum absolute atomic E-state index is 13.5. The molecule has 10 heteroatoms. The number of aliphatic hydroxyl groups excluding tert-OH is 1. The van der Waals surface area contributed by atoms with Crippen LogP contribution in [0.25, 0.3) is 0 Å². The van der Waals surface area contributed by atoms with Crippen molar-refractivity contribution in [2.75, 3.05) is 38.1 Å². The van der Waals surface area contributed by atoms with E-state index in [1.54, 1.807) is 4.90 Å². The van der Waals surface area contributed by atoms with Crippen molar-refractivity contribution in [3.63, 3.8) is 0 Å². The number of anilines is 1. The summed E-state index contributed by atoms with van der Waals surface area (Å²) in [6.07, 6.45) is -4.04. The summed E-state index contributed by atoms with van der Waals surface area (Å²) >= 11 is 0. The summed E-state index contributed by atoms with van der Waals surface area (Å²) in [5.74, 6) is -2.92. The highest BCUT2D eigenvalue weighted by atomic mass is 19.4. The van der Waals surface area contributed by atoms with Gasteiger partial charge in [-0.3, -0.25) is 4.90 Å². The highest BCUT2D eigenvalue weighted by Crippen LogP contribution is 2.36. The van der Waals surface area contributed by atoms with Crippen molar-refractivity contribution in [1.82, 2.24) is 9.80 Å². The third-order valence-electron chi connectivity index (χ3n) is 6.06. The molecular formula is C20H26F5N3O2. The first kappa shape index (κ1) is 22.7. The van der Waals surface area contributed by atoms with Crippen molar-refractivity contribution in [3.8, 4) is 0 Å². The Labute approximate surface area is 171 Å². The SMILES string of the molecule is CC[C@@H]1CN(C(=O)Nc2cccc(C(F)(F)F)c2)[C@H](CO)[C@@H]1CN1CCC(F)(F)C1. The van der Waals surface area contributed by atoms with Crippen LogP contribution in [-0.2, 0) is 6.18 Å². The largest absolute Gasteiger partial charge is 0.416 e. The molecule has 0 radical (unpaired) electrons. The topological polar surface area (TPSA) is 55.8 Å². The van der Waals surface area contributed by atoms with Gasteiger partial charge in [0.05, 0.1) is 24.8 Å². The standard InChI is InChI=1S/C20H26F5N3O2/c1-2-13-9-28(17(11-29)16(13)10-27-7-6-19(21,22)12-27)18(30)26-15-5-3-4-14(8-15)20(23,24)25/h3-5,8,13,16-17,29H,2,6-7,9-12H2,1H3,(H,26,30)/t13-,16-,17-/m1/s1. The molecule has 2 fully saturated rings.